The van der Waals surface area contributed by atoms with Crippen LogP contribution in [0.5, 0.6) is 0 Å². The number of hydrogen-bond acceptors (Lipinski definition) is 4. The van der Waals surface area contributed by atoms with Crippen molar-refractivity contribution in [2.45, 2.75) is 33.3 Å². The molecule has 22 heavy (non-hydrogen) atoms. The first-order valence-corrected chi connectivity index (χ1v) is 9.24. The third-order valence-electron chi connectivity index (χ3n) is 2.58. The molecule has 4 nitrogen and oxygen atoms in total. The molecule has 0 saturated heterocycles. The Morgan fingerprint density at radius 1 is 1.18 bits per heavy atom. The summed E-state index contributed by atoms with van der Waals surface area (Å²) in [6, 6.07) is 10.2. The molecule has 0 radical (unpaired) electrons. The molecule has 1 atom stereocenters. The fraction of sp³-hybridized carbons (Fsp3) is 0.588. The van der Waals surface area contributed by atoms with E-state index >= 15 is 0 Å². The van der Waals surface area contributed by atoms with E-state index in [1.165, 1.54) is 5.56 Å². The molecule has 0 fully saturated rings. The highest BCUT2D eigenvalue weighted by Crippen LogP contribution is 2.13. The lowest BCUT2D eigenvalue weighted by Gasteiger charge is -2.05. The van der Waals surface area contributed by atoms with Gasteiger partial charge in [-0.25, -0.2) is 0 Å². The molecule has 1 aromatic rings. The maximum atomic E-state index is 11.1. The SMILES string of the molecule is CCO.CCOC(=O)CPCCCCOCc1ccccc1. The van der Waals surface area contributed by atoms with E-state index in [2.05, 4.69) is 12.1 Å². The number of hydrogen-bond donors (Lipinski definition) is 1. The molecule has 1 N–H and O–H groups in total. The van der Waals surface area contributed by atoms with Crippen molar-refractivity contribution in [2.75, 3.05) is 32.1 Å². The lowest BCUT2D eigenvalue weighted by molar-refractivity contribution is -0.139. The molecule has 0 amide bonds. The van der Waals surface area contributed by atoms with Crippen LogP contribution < -0.4 is 0 Å². The van der Waals surface area contributed by atoms with Crippen molar-refractivity contribution < 1.29 is 19.4 Å². The monoisotopic (exact) mass is 328 g/mol. The minimum absolute atomic E-state index is 0.0684. The Balaban J connectivity index is 0.00000135. The average Bonchev–Trinajstić information content (AvgIpc) is 2.52. The Labute approximate surface area is 136 Å². The zero-order chi connectivity index (χ0) is 16.5. The van der Waals surface area contributed by atoms with Gasteiger partial charge < -0.3 is 14.6 Å². The Kier molecular flexibility index (Phi) is 15.7. The van der Waals surface area contributed by atoms with Crippen molar-refractivity contribution in [3.63, 3.8) is 0 Å². The summed E-state index contributed by atoms with van der Waals surface area (Å²) in [5.41, 5.74) is 1.21. The number of aliphatic hydroxyl groups excluding tert-OH is 1. The number of unbranched alkanes of at least 4 members (excludes halogenated alkanes) is 1. The largest absolute Gasteiger partial charge is 0.466 e. The first-order valence-electron chi connectivity index (χ1n) is 7.83. The second-order valence-corrected chi connectivity index (χ2v) is 5.90. The van der Waals surface area contributed by atoms with Gasteiger partial charge in [0.05, 0.1) is 19.4 Å². The van der Waals surface area contributed by atoms with Crippen LogP contribution in [0.4, 0.5) is 0 Å². The van der Waals surface area contributed by atoms with Crippen molar-refractivity contribution in [3.05, 3.63) is 35.9 Å². The second-order valence-electron chi connectivity index (χ2n) is 4.54. The van der Waals surface area contributed by atoms with E-state index in [9.17, 15) is 4.79 Å². The van der Waals surface area contributed by atoms with Crippen molar-refractivity contribution in [1.29, 1.82) is 0 Å². The summed E-state index contributed by atoms with van der Waals surface area (Å²) in [7, 11) is 0.677. The average molecular weight is 328 g/mol. The number of esters is 1. The number of carbonyl (C=O) groups is 1. The number of ether oxygens (including phenoxy) is 2. The van der Waals surface area contributed by atoms with E-state index in [-0.39, 0.29) is 12.6 Å². The Morgan fingerprint density at radius 3 is 2.50 bits per heavy atom. The minimum atomic E-state index is -0.0684. The van der Waals surface area contributed by atoms with Gasteiger partial charge in [-0.3, -0.25) is 4.79 Å². The predicted octanol–water partition coefficient (Wildman–Crippen LogP) is 3.22. The molecule has 0 aliphatic heterocycles. The van der Waals surface area contributed by atoms with Gasteiger partial charge >= 0.3 is 5.97 Å². The van der Waals surface area contributed by atoms with Gasteiger partial charge in [-0.15, -0.1) is 8.58 Å². The van der Waals surface area contributed by atoms with Crippen molar-refractivity contribution >= 4 is 14.6 Å². The predicted molar refractivity (Wildman–Crippen MR) is 92.8 cm³/mol. The maximum Gasteiger partial charge on any atom is 0.309 e. The molecule has 0 bridgehead atoms. The van der Waals surface area contributed by atoms with E-state index in [1.807, 2.05) is 25.1 Å². The summed E-state index contributed by atoms with van der Waals surface area (Å²) < 4.78 is 10.5. The highest BCUT2D eigenvalue weighted by molar-refractivity contribution is 7.39. The van der Waals surface area contributed by atoms with Gasteiger partial charge in [-0.1, -0.05) is 30.3 Å². The Morgan fingerprint density at radius 2 is 1.86 bits per heavy atom. The molecular weight excluding hydrogens is 299 g/mol. The lowest BCUT2D eigenvalue weighted by Crippen LogP contribution is -2.06. The van der Waals surface area contributed by atoms with Crippen LogP contribution in [0.3, 0.4) is 0 Å². The number of rotatable bonds is 10. The summed E-state index contributed by atoms with van der Waals surface area (Å²) in [5.74, 6) is -0.0684. The third kappa shape index (κ3) is 14.0. The summed E-state index contributed by atoms with van der Waals surface area (Å²) >= 11 is 0. The molecule has 0 saturated carbocycles. The smallest absolute Gasteiger partial charge is 0.309 e. The zero-order valence-corrected chi connectivity index (χ0v) is 14.7. The number of benzene rings is 1. The van der Waals surface area contributed by atoms with E-state index in [1.54, 1.807) is 6.92 Å². The first-order chi connectivity index (χ1) is 10.7. The maximum absolute atomic E-state index is 11.1. The molecule has 126 valence electrons. The fourth-order valence-corrected chi connectivity index (χ4v) is 2.60. The standard InChI is InChI=1S/C15H23O3P.C2H6O/c1-2-18-15(16)13-19-11-7-6-10-17-12-14-8-4-3-5-9-14;1-2-3/h3-5,8-9,19H,2,6-7,10-13H2,1H3;3H,2H2,1H3. The molecule has 1 unspecified atom stereocenters. The third-order valence-corrected chi connectivity index (χ3v) is 3.82. The molecule has 0 aliphatic rings. The van der Waals surface area contributed by atoms with Crippen LogP contribution in [0, 0.1) is 0 Å². The van der Waals surface area contributed by atoms with Gasteiger partial charge in [-0.2, -0.15) is 0 Å². The summed E-state index contributed by atoms with van der Waals surface area (Å²) in [6.45, 7) is 5.73. The van der Waals surface area contributed by atoms with Crippen LogP contribution in [-0.2, 0) is 20.9 Å². The van der Waals surface area contributed by atoms with Crippen molar-refractivity contribution in [2.24, 2.45) is 0 Å². The second kappa shape index (κ2) is 16.4. The lowest BCUT2D eigenvalue weighted by atomic mass is 10.2. The molecule has 0 aromatic heterocycles. The normalized spacial score (nSPS) is 10.3. The van der Waals surface area contributed by atoms with Crippen molar-refractivity contribution in [3.8, 4) is 0 Å². The van der Waals surface area contributed by atoms with E-state index in [4.69, 9.17) is 14.6 Å². The first kappa shape index (κ1) is 21.0. The molecule has 1 aromatic carbocycles. The fourth-order valence-electron chi connectivity index (χ4n) is 1.62. The Hall–Kier alpha value is -0.960. The van der Waals surface area contributed by atoms with Crippen LogP contribution in [0.1, 0.15) is 32.3 Å². The highest BCUT2D eigenvalue weighted by Gasteiger charge is 2.00. The molecule has 0 heterocycles. The van der Waals surface area contributed by atoms with Crippen LogP contribution in [0.25, 0.3) is 0 Å². The topological polar surface area (TPSA) is 55.8 Å². The van der Waals surface area contributed by atoms with Crippen LogP contribution >= 0.6 is 8.58 Å². The van der Waals surface area contributed by atoms with Gasteiger partial charge in [0.2, 0.25) is 0 Å². The van der Waals surface area contributed by atoms with Crippen LogP contribution in [0.2, 0.25) is 0 Å². The molecule has 1 rings (SSSR count). The molecule has 5 heteroatoms. The van der Waals surface area contributed by atoms with Gasteiger partial charge in [-0.05, 0) is 38.4 Å². The molecule has 0 aliphatic carbocycles. The van der Waals surface area contributed by atoms with Gasteiger partial charge in [0.1, 0.15) is 0 Å². The summed E-state index contributed by atoms with van der Waals surface area (Å²) in [5, 5.41) is 7.57. The van der Waals surface area contributed by atoms with Gasteiger partial charge in [0.15, 0.2) is 0 Å². The quantitative estimate of drug-likeness (QED) is 0.407. The van der Waals surface area contributed by atoms with Gasteiger partial charge in [0.25, 0.3) is 0 Å². The molecule has 0 spiro atoms. The van der Waals surface area contributed by atoms with Crippen LogP contribution in [-0.4, -0.2) is 43.2 Å². The van der Waals surface area contributed by atoms with E-state index in [0.717, 1.165) is 25.6 Å². The van der Waals surface area contributed by atoms with E-state index in [0.29, 0.717) is 28.0 Å². The number of aliphatic hydroxyl groups is 1. The van der Waals surface area contributed by atoms with E-state index < -0.39 is 0 Å². The zero-order valence-electron chi connectivity index (χ0n) is 13.7. The Bertz CT molecular complexity index is 357. The van der Waals surface area contributed by atoms with Crippen molar-refractivity contribution in [1.82, 2.24) is 0 Å². The summed E-state index contributed by atoms with van der Waals surface area (Å²) in [6.07, 6.45) is 3.83. The van der Waals surface area contributed by atoms with Crippen LogP contribution in [0.15, 0.2) is 30.3 Å². The minimum Gasteiger partial charge on any atom is -0.466 e. The van der Waals surface area contributed by atoms with Gasteiger partial charge in [0, 0.05) is 13.2 Å². The molecular formula is C17H29O4P. The summed E-state index contributed by atoms with van der Waals surface area (Å²) in [4.78, 5) is 11.1. The number of carbonyl (C=O) groups excluding carboxylic acids is 1. The highest BCUT2D eigenvalue weighted by atomic mass is 31.1.